The van der Waals surface area contributed by atoms with Gasteiger partial charge in [0.2, 0.25) is 0 Å². The number of hydrogen-bond donors (Lipinski definition) is 2. The first kappa shape index (κ1) is 15.5. The third-order valence-corrected chi connectivity index (χ3v) is 5.70. The molecule has 7 heteroatoms. The fourth-order valence-corrected chi connectivity index (χ4v) is 4.09. The van der Waals surface area contributed by atoms with Gasteiger partial charge < -0.3 is 9.67 Å². The van der Waals surface area contributed by atoms with Crippen LogP contribution in [0.1, 0.15) is 38.4 Å². The number of imidazole rings is 1. The Morgan fingerprint density at radius 3 is 2.55 bits per heavy atom. The average molecular weight is 301 g/mol. The molecule has 2 N–H and O–H groups in total. The van der Waals surface area contributed by atoms with E-state index in [1.165, 1.54) is 6.20 Å². The smallest absolute Gasteiger partial charge is 0.260 e. The van der Waals surface area contributed by atoms with E-state index in [1.807, 2.05) is 0 Å². The van der Waals surface area contributed by atoms with Gasteiger partial charge in [-0.25, -0.2) is 18.1 Å². The van der Waals surface area contributed by atoms with Crippen LogP contribution in [0, 0.1) is 12.8 Å². The highest BCUT2D eigenvalue weighted by molar-refractivity contribution is 7.89. The highest BCUT2D eigenvalue weighted by Crippen LogP contribution is 2.32. The molecule has 0 radical (unpaired) electrons. The highest BCUT2D eigenvalue weighted by Gasteiger charge is 2.38. The second-order valence-electron chi connectivity index (χ2n) is 5.96. The van der Waals surface area contributed by atoms with E-state index in [0.29, 0.717) is 24.6 Å². The van der Waals surface area contributed by atoms with Crippen molar-refractivity contribution in [2.75, 3.05) is 6.61 Å². The Bertz CT molecular complexity index is 552. The lowest BCUT2D eigenvalue weighted by Gasteiger charge is -2.38. The summed E-state index contributed by atoms with van der Waals surface area (Å²) in [5, 5.41) is 9.66. The number of aromatic nitrogens is 2. The zero-order valence-electron chi connectivity index (χ0n) is 12.3. The lowest BCUT2D eigenvalue weighted by atomic mass is 9.78. The standard InChI is InChI=1S/C13H23N3O3S/c1-10-4-6-13(9-17,7-5-10)15-20(18,19)12-8-16(3)11(2)14-12/h8,10,15,17H,4-7,9H2,1-3H3. The minimum atomic E-state index is -3.69. The first-order valence-electron chi connectivity index (χ1n) is 6.93. The second kappa shape index (κ2) is 5.46. The van der Waals surface area contributed by atoms with Gasteiger partial charge in [-0.1, -0.05) is 6.92 Å². The van der Waals surface area contributed by atoms with Crippen LogP contribution < -0.4 is 4.72 Å². The molecule has 0 atom stereocenters. The Morgan fingerprint density at radius 2 is 2.10 bits per heavy atom. The molecule has 1 aromatic rings. The van der Waals surface area contributed by atoms with Crippen molar-refractivity contribution in [3.8, 4) is 0 Å². The molecule has 0 aromatic carbocycles. The third kappa shape index (κ3) is 3.05. The molecule has 0 amide bonds. The zero-order chi connectivity index (χ0) is 15.0. The molecule has 1 aliphatic carbocycles. The van der Waals surface area contributed by atoms with Crippen molar-refractivity contribution in [1.29, 1.82) is 0 Å². The van der Waals surface area contributed by atoms with Gasteiger partial charge >= 0.3 is 0 Å². The van der Waals surface area contributed by atoms with Crippen LogP contribution in [0.2, 0.25) is 0 Å². The minimum Gasteiger partial charge on any atom is -0.394 e. The summed E-state index contributed by atoms with van der Waals surface area (Å²) in [4.78, 5) is 4.06. The molecule has 1 aromatic heterocycles. The minimum absolute atomic E-state index is 0.0175. The molecule has 1 saturated carbocycles. The van der Waals surface area contributed by atoms with Crippen LogP contribution in [0.25, 0.3) is 0 Å². The predicted molar refractivity (Wildman–Crippen MR) is 75.7 cm³/mol. The summed E-state index contributed by atoms with van der Waals surface area (Å²) in [6.07, 6.45) is 4.66. The fourth-order valence-electron chi connectivity index (χ4n) is 2.60. The van der Waals surface area contributed by atoms with Crippen molar-refractivity contribution < 1.29 is 13.5 Å². The molecule has 1 aliphatic rings. The van der Waals surface area contributed by atoms with Gasteiger partial charge in [0.15, 0.2) is 5.03 Å². The normalized spacial score (nSPS) is 27.7. The number of rotatable bonds is 4. The van der Waals surface area contributed by atoms with Crippen LogP contribution in [0.15, 0.2) is 11.2 Å². The van der Waals surface area contributed by atoms with Crippen molar-refractivity contribution in [3.63, 3.8) is 0 Å². The van der Waals surface area contributed by atoms with Crippen LogP contribution in [0.5, 0.6) is 0 Å². The SMILES string of the molecule is Cc1nc(S(=O)(=O)NC2(CO)CCC(C)CC2)cn1C. The van der Waals surface area contributed by atoms with Gasteiger partial charge in [-0.15, -0.1) is 0 Å². The third-order valence-electron chi connectivity index (χ3n) is 4.25. The molecule has 0 bridgehead atoms. The van der Waals surface area contributed by atoms with Crippen molar-refractivity contribution in [2.45, 2.75) is 50.1 Å². The van der Waals surface area contributed by atoms with Crippen LogP contribution >= 0.6 is 0 Å². The van der Waals surface area contributed by atoms with Gasteiger partial charge in [0.05, 0.1) is 12.1 Å². The average Bonchev–Trinajstić information content (AvgIpc) is 2.74. The molecule has 0 aliphatic heterocycles. The summed E-state index contributed by atoms with van der Waals surface area (Å²) in [7, 11) is -1.94. The van der Waals surface area contributed by atoms with Crippen molar-refractivity contribution in [3.05, 3.63) is 12.0 Å². The molecule has 20 heavy (non-hydrogen) atoms. The molecule has 0 saturated heterocycles. The van der Waals surface area contributed by atoms with E-state index in [2.05, 4.69) is 16.6 Å². The molecular weight excluding hydrogens is 278 g/mol. The van der Waals surface area contributed by atoms with E-state index < -0.39 is 15.6 Å². The topological polar surface area (TPSA) is 84.2 Å². The fraction of sp³-hybridized carbons (Fsp3) is 0.769. The van der Waals surface area contributed by atoms with Gasteiger partial charge in [0.1, 0.15) is 5.82 Å². The first-order valence-corrected chi connectivity index (χ1v) is 8.41. The van der Waals surface area contributed by atoms with Crippen molar-refractivity contribution >= 4 is 10.0 Å². The van der Waals surface area contributed by atoms with E-state index >= 15 is 0 Å². The lowest BCUT2D eigenvalue weighted by Crippen LogP contribution is -2.53. The largest absolute Gasteiger partial charge is 0.394 e. The second-order valence-corrected chi connectivity index (χ2v) is 7.59. The Hall–Kier alpha value is -0.920. The van der Waals surface area contributed by atoms with Crippen LogP contribution in [-0.2, 0) is 17.1 Å². The summed E-state index contributed by atoms with van der Waals surface area (Å²) in [5.41, 5.74) is -0.739. The Balaban J connectivity index is 2.22. The lowest BCUT2D eigenvalue weighted by molar-refractivity contribution is 0.125. The number of aliphatic hydroxyl groups is 1. The summed E-state index contributed by atoms with van der Waals surface area (Å²) < 4.78 is 29.2. The van der Waals surface area contributed by atoms with Gasteiger partial charge in [-0.2, -0.15) is 0 Å². The zero-order valence-corrected chi connectivity index (χ0v) is 13.1. The number of nitrogens with one attached hydrogen (secondary N) is 1. The molecule has 114 valence electrons. The van der Waals surface area contributed by atoms with Crippen LogP contribution in [0.4, 0.5) is 0 Å². The van der Waals surface area contributed by atoms with Crippen molar-refractivity contribution in [1.82, 2.24) is 14.3 Å². The quantitative estimate of drug-likeness (QED) is 0.867. The summed E-state index contributed by atoms with van der Waals surface area (Å²) >= 11 is 0. The molecule has 2 rings (SSSR count). The summed E-state index contributed by atoms with van der Waals surface area (Å²) in [5.74, 6) is 1.22. The van der Waals surface area contributed by atoms with E-state index in [-0.39, 0.29) is 11.6 Å². The molecule has 0 unspecified atom stereocenters. The van der Waals surface area contributed by atoms with Gasteiger partial charge in [-0.3, -0.25) is 0 Å². The van der Waals surface area contributed by atoms with Gasteiger partial charge in [-0.05, 0) is 38.5 Å². The highest BCUT2D eigenvalue weighted by atomic mass is 32.2. The van der Waals surface area contributed by atoms with Gasteiger partial charge in [0.25, 0.3) is 10.0 Å². The molecular formula is C13H23N3O3S. The number of nitrogens with zero attached hydrogens (tertiary/aromatic N) is 2. The molecule has 6 nitrogen and oxygen atoms in total. The number of hydrogen-bond acceptors (Lipinski definition) is 4. The predicted octanol–water partition coefficient (Wildman–Crippen LogP) is 0.948. The summed E-state index contributed by atoms with van der Waals surface area (Å²) in [6, 6.07) is 0. The van der Waals surface area contributed by atoms with Crippen molar-refractivity contribution in [2.24, 2.45) is 13.0 Å². The number of aliphatic hydroxyl groups excluding tert-OH is 1. The first-order chi connectivity index (χ1) is 9.28. The maximum absolute atomic E-state index is 12.4. The van der Waals surface area contributed by atoms with E-state index in [0.717, 1.165) is 12.8 Å². The number of aryl methyl sites for hydroxylation is 2. The van der Waals surface area contributed by atoms with Crippen LogP contribution in [0.3, 0.4) is 0 Å². The monoisotopic (exact) mass is 301 g/mol. The van der Waals surface area contributed by atoms with E-state index in [9.17, 15) is 13.5 Å². The van der Waals surface area contributed by atoms with E-state index in [1.54, 1.807) is 18.5 Å². The number of sulfonamides is 1. The van der Waals surface area contributed by atoms with Gasteiger partial charge in [0, 0.05) is 13.2 Å². The summed E-state index contributed by atoms with van der Waals surface area (Å²) in [6.45, 7) is 3.73. The Morgan fingerprint density at radius 1 is 1.50 bits per heavy atom. The van der Waals surface area contributed by atoms with Crippen LogP contribution in [-0.4, -0.2) is 35.2 Å². The van der Waals surface area contributed by atoms with E-state index in [4.69, 9.17) is 0 Å². The maximum atomic E-state index is 12.4. The Kier molecular flexibility index (Phi) is 4.22. The molecule has 0 spiro atoms. The molecule has 1 fully saturated rings. The molecule has 1 heterocycles. The maximum Gasteiger partial charge on any atom is 0.260 e. The Labute approximate surface area is 120 Å².